The first-order valence-corrected chi connectivity index (χ1v) is 12.3. The summed E-state index contributed by atoms with van der Waals surface area (Å²) in [5.74, 6) is -4.14. The van der Waals surface area contributed by atoms with E-state index >= 15 is 0 Å². The molecule has 0 aromatic heterocycles. The van der Waals surface area contributed by atoms with Crippen molar-refractivity contribution in [2.75, 3.05) is 6.54 Å². The molecule has 10 N–H and O–H groups in total. The van der Waals surface area contributed by atoms with Crippen LogP contribution in [0.4, 0.5) is 0 Å². The third-order valence-electron chi connectivity index (χ3n) is 6.19. The molecule has 0 saturated carbocycles. The van der Waals surface area contributed by atoms with Gasteiger partial charge in [-0.2, -0.15) is 0 Å². The van der Waals surface area contributed by atoms with E-state index in [-0.39, 0.29) is 31.1 Å². The maximum Gasteiger partial charge on any atom is 0.326 e. The molecule has 0 bridgehead atoms. The summed E-state index contributed by atoms with van der Waals surface area (Å²) in [7, 11) is 0. The van der Waals surface area contributed by atoms with Gasteiger partial charge in [0.25, 0.3) is 0 Å². The van der Waals surface area contributed by atoms with E-state index < -0.39 is 53.8 Å². The van der Waals surface area contributed by atoms with E-state index in [1.165, 1.54) is 0 Å². The molecule has 0 saturated heterocycles. The maximum atomic E-state index is 13.2. The van der Waals surface area contributed by atoms with Crippen molar-refractivity contribution >= 4 is 29.6 Å². The first-order chi connectivity index (χ1) is 16.4. The number of nitrogens with one attached hydrogen (secondary N) is 3. The zero-order chi connectivity index (χ0) is 27.1. The van der Waals surface area contributed by atoms with E-state index in [0.29, 0.717) is 32.2 Å². The Labute approximate surface area is 207 Å². The molecular formula is C23H44N6O6. The topological polar surface area (TPSA) is 220 Å². The second-order valence-corrected chi connectivity index (χ2v) is 9.04. The molecule has 0 aromatic carbocycles. The number of carboxylic acids is 1. The lowest BCUT2D eigenvalue weighted by Gasteiger charge is -2.30. The van der Waals surface area contributed by atoms with E-state index in [0.717, 1.165) is 0 Å². The van der Waals surface area contributed by atoms with Gasteiger partial charge in [0, 0.05) is 6.42 Å². The molecular weight excluding hydrogens is 456 g/mol. The predicted molar refractivity (Wildman–Crippen MR) is 132 cm³/mol. The van der Waals surface area contributed by atoms with E-state index in [1.54, 1.807) is 13.8 Å². The lowest BCUT2D eigenvalue weighted by Crippen LogP contribution is -2.60. The van der Waals surface area contributed by atoms with Crippen LogP contribution in [0.2, 0.25) is 0 Å². The number of hydrogen-bond donors (Lipinski definition) is 7. The number of carboxylic acid groups (broad SMARTS) is 1. The molecule has 0 radical (unpaired) electrons. The third-order valence-corrected chi connectivity index (χ3v) is 6.19. The van der Waals surface area contributed by atoms with Crippen LogP contribution in [0.25, 0.3) is 0 Å². The van der Waals surface area contributed by atoms with Crippen LogP contribution in [0.5, 0.6) is 0 Å². The van der Waals surface area contributed by atoms with Gasteiger partial charge in [0.2, 0.25) is 23.6 Å². The Morgan fingerprint density at radius 3 is 1.71 bits per heavy atom. The Bertz CT molecular complexity index is 719. The molecule has 35 heavy (non-hydrogen) atoms. The second-order valence-electron chi connectivity index (χ2n) is 9.04. The number of aliphatic carboxylic acids is 1. The van der Waals surface area contributed by atoms with Gasteiger partial charge in [-0.25, -0.2) is 4.79 Å². The molecule has 0 heterocycles. The van der Waals surface area contributed by atoms with Crippen LogP contribution >= 0.6 is 0 Å². The Kier molecular flexibility index (Phi) is 15.5. The summed E-state index contributed by atoms with van der Waals surface area (Å²) in [5, 5.41) is 17.3. The SMILES string of the molecule is CCC(C)C(NC(=O)C(N)CCC(N)=O)C(=O)NC(C(=O)NC(CCCCN)C(=O)O)C(C)CC. The Morgan fingerprint density at radius 2 is 1.29 bits per heavy atom. The van der Waals surface area contributed by atoms with Gasteiger partial charge in [0.05, 0.1) is 6.04 Å². The van der Waals surface area contributed by atoms with Crippen molar-refractivity contribution in [1.29, 1.82) is 0 Å². The Balaban J connectivity index is 5.53. The summed E-state index contributed by atoms with van der Waals surface area (Å²) in [6, 6.07) is -4.12. The van der Waals surface area contributed by atoms with Crippen molar-refractivity contribution in [3.8, 4) is 0 Å². The first-order valence-electron chi connectivity index (χ1n) is 12.3. The maximum absolute atomic E-state index is 13.2. The lowest BCUT2D eigenvalue weighted by atomic mass is 9.94. The third kappa shape index (κ3) is 12.0. The van der Waals surface area contributed by atoms with Crippen molar-refractivity contribution in [2.45, 2.75) is 96.8 Å². The summed E-state index contributed by atoms with van der Waals surface area (Å²) >= 11 is 0. The summed E-state index contributed by atoms with van der Waals surface area (Å²) < 4.78 is 0. The van der Waals surface area contributed by atoms with Crippen LogP contribution < -0.4 is 33.2 Å². The highest BCUT2D eigenvalue weighted by Gasteiger charge is 2.34. The molecule has 202 valence electrons. The number of rotatable bonds is 18. The number of unbranched alkanes of at least 4 members (excludes halogenated alkanes) is 1. The number of carbonyl (C=O) groups excluding carboxylic acids is 4. The van der Waals surface area contributed by atoms with Crippen LogP contribution in [0.3, 0.4) is 0 Å². The minimum absolute atomic E-state index is 0.0364. The number of hydrogen-bond acceptors (Lipinski definition) is 7. The quantitative estimate of drug-likeness (QED) is 0.119. The minimum atomic E-state index is -1.17. The highest BCUT2D eigenvalue weighted by molar-refractivity contribution is 5.94. The monoisotopic (exact) mass is 500 g/mol. The van der Waals surface area contributed by atoms with Crippen molar-refractivity contribution < 1.29 is 29.1 Å². The van der Waals surface area contributed by atoms with Gasteiger partial charge in [-0.15, -0.1) is 0 Å². The fraction of sp³-hybridized carbons (Fsp3) is 0.783. The Morgan fingerprint density at radius 1 is 0.800 bits per heavy atom. The van der Waals surface area contributed by atoms with Gasteiger partial charge in [-0.1, -0.05) is 40.5 Å². The van der Waals surface area contributed by atoms with Crippen LogP contribution in [0.1, 0.15) is 72.6 Å². The van der Waals surface area contributed by atoms with Crippen molar-refractivity contribution in [1.82, 2.24) is 16.0 Å². The summed E-state index contributed by atoms with van der Waals surface area (Å²) in [6.07, 6.45) is 2.44. The predicted octanol–water partition coefficient (Wildman–Crippen LogP) is -0.661. The highest BCUT2D eigenvalue weighted by Crippen LogP contribution is 2.13. The first kappa shape index (κ1) is 32.3. The van der Waals surface area contributed by atoms with Gasteiger partial charge in [-0.05, 0) is 44.1 Å². The molecule has 0 aliphatic carbocycles. The molecule has 12 heteroatoms. The van der Waals surface area contributed by atoms with E-state index in [4.69, 9.17) is 17.2 Å². The van der Waals surface area contributed by atoms with Crippen molar-refractivity contribution in [3.05, 3.63) is 0 Å². The van der Waals surface area contributed by atoms with Crippen molar-refractivity contribution in [3.63, 3.8) is 0 Å². The average Bonchev–Trinajstić information content (AvgIpc) is 2.81. The molecule has 0 spiro atoms. The zero-order valence-electron chi connectivity index (χ0n) is 21.3. The van der Waals surface area contributed by atoms with Gasteiger partial charge in [0.15, 0.2) is 0 Å². The fourth-order valence-corrected chi connectivity index (χ4v) is 3.35. The summed E-state index contributed by atoms with van der Waals surface area (Å²) in [4.78, 5) is 61.3. The van der Waals surface area contributed by atoms with Crippen LogP contribution in [-0.4, -0.2) is 65.4 Å². The molecule has 0 aromatic rings. The standard InChI is InChI=1S/C23H44N6O6/c1-5-13(3)18(21(32)27-16(23(34)35)9-7-8-12-24)29-22(33)19(14(4)6-2)28-20(31)15(25)10-11-17(26)30/h13-16,18-19H,5-12,24-25H2,1-4H3,(H2,26,30)(H,27,32)(H,28,31)(H,29,33)(H,34,35). The second kappa shape index (κ2) is 16.8. The van der Waals surface area contributed by atoms with Gasteiger partial charge in [-0.3, -0.25) is 19.2 Å². The number of carbonyl (C=O) groups is 5. The molecule has 4 amide bonds. The molecule has 6 unspecified atom stereocenters. The van der Waals surface area contributed by atoms with E-state index in [9.17, 15) is 29.1 Å². The highest BCUT2D eigenvalue weighted by atomic mass is 16.4. The Hall–Kier alpha value is -2.73. The summed E-state index contributed by atoms with van der Waals surface area (Å²) in [5.41, 5.74) is 16.4. The van der Waals surface area contributed by atoms with Crippen LogP contribution in [-0.2, 0) is 24.0 Å². The van der Waals surface area contributed by atoms with Gasteiger partial charge in [0.1, 0.15) is 18.1 Å². The number of primary amides is 1. The average molecular weight is 501 g/mol. The number of amides is 4. The minimum Gasteiger partial charge on any atom is -0.480 e. The largest absolute Gasteiger partial charge is 0.480 e. The lowest BCUT2D eigenvalue weighted by molar-refractivity contribution is -0.143. The molecule has 12 nitrogen and oxygen atoms in total. The van der Waals surface area contributed by atoms with Crippen molar-refractivity contribution in [2.24, 2.45) is 29.0 Å². The molecule has 0 fully saturated rings. The molecule has 0 aliphatic rings. The van der Waals surface area contributed by atoms with Gasteiger partial charge >= 0.3 is 5.97 Å². The molecule has 0 rings (SSSR count). The molecule has 0 aliphatic heterocycles. The normalized spacial score (nSPS) is 16.2. The zero-order valence-corrected chi connectivity index (χ0v) is 21.3. The van der Waals surface area contributed by atoms with Crippen LogP contribution in [0, 0.1) is 11.8 Å². The molecule has 6 atom stereocenters. The van der Waals surface area contributed by atoms with Gasteiger partial charge < -0.3 is 38.3 Å². The fourth-order valence-electron chi connectivity index (χ4n) is 3.35. The number of nitrogens with two attached hydrogens (primary N) is 3. The van der Waals surface area contributed by atoms with E-state index in [2.05, 4.69) is 16.0 Å². The van der Waals surface area contributed by atoms with Crippen LogP contribution in [0.15, 0.2) is 0 Å². The smallest absolute Gasteiger partial charge is 0.326 e. The summed E-state index contributed by atoms with van der Waals surface area (Å²) in [6.45, 7) is 7.65. The van der Waals surface area contributed by atoms with E-state index in [1.807, 2.05) is 13.8 Å².